The van der Waals surface area contributed by atoms with Gasteiger partial charge in [-0.2, -0.15) is 18.2 Å². The molecule has 1 aliphatic heterocycles. The fraction of sp³-hybridized carbons (Fsp3) is 0.450. The van der Waals surface area contributed by atoms with Crippen LogP contribution in [0.2, 0.25) is 0 Å². The Morgan fingerprint density at radius 1 is 1.07 bits per heavy atom. The summed E-state index contributed by atoms with van der Waals surface area (Å²) in [7, 11) is 0. The van der Waals surface area contributed by atoms with Crippen molar-refractivity contribution in [2.75, 3.05) is 6.54 Å². The summed E-state index contributed by atoms with van der Waals surface area (Å²) < 4.78 is 41.6. The average Bonchev–Trinajstić information content (AvgIpc) is 3.29. The number of rotatable bonds is 9. The first-order valence-corrected chi connectivity index (χ1v) is 9.43. The second-order valence-electron chi connectivity index (χ2n) is 6.82. The van der Waals surface area contributed by atoms with E-state index in [2.05, 4.69) is 19.7 Å². The molecule has 5 nitrogen and oxygen atoms in total. The third-order valence-corrected chi connectivity index (χ3v) is 4.65. The van der Waals surface area contributed by atoms with Crippen molar-refractivity contribution >= 4 is 18.4 Å². The number of aliphatic imine (C=N–C) groups is 1. The van der Waals surface area contributed by atoms with Crippen LogP contribution in [0, 0.1) is 0 Å². The van der Waals surface area contributed by atoms with Crippen molar-refractivity contribution < 1.29 is 17.7 Å². The van der Waals surface area contributed by atoms with E-state index in [1.54, 1.807) is 6.08 Å². The molecule has 0 spiro atoms. The van der Waals surface area contributed by atoms with E-state index in [9.17, 15) is 13.2 Å². The molecule has 150 valence electrons. The Morgan fingerprint density at radius 3 is 2.61 bits per heavy atom. The molecule has 0 amide bonds. The number of hydrogen-bond donors (Lipinski definition) is 1. The standard InChI is InChI=1S/C20H23F3N4O/c21-20(22,23)19-26-18(27-28-19)10-8-14-7-9-16-15(12-14)13-25-17(16)6-4-2-1-3-5-11-24/h7-10,12-13,17H,1-6,11,24H2. The molecule has 0 bridgehead atoms. The average molecular weight is 392 g/mol. The summed E-state index contributed by atoms with van der Waals surface area (Å²) in [5.74, 6) is -1.46. The normalized spacial score (nSPS) is 16.2. The summed E-state index contributed by atoms with van der Waals surface area (Å²) in [6, 6.07) is 6.09. The SMILES string of the molecule is NCCCCCCCC1N=Cc2cc(C=Cc3noc(C(F)(F)F)n3)ccc21. The molecule has 0 saturated carbocycles. The molecule has 2 N–H and O–H groups in total. The molecule has 1 aliphatic rings. The lowest BCUT2D eigenvalue weighted by Crippen LogP contribution is -2.04. The predicted octanol–water partition coefficient (Wildman–Crippen LogP) is 5.03. The number of unbranched alkanes of at least 4 members (excludes halogenated alkanes) is 4. The van der Waals surface area contributed by atoms with E-state index in [0.717, 1.165) is 36.9 Å². The number of benzene rings is 1. The van der Waals surface area contributed by atoms with Crippen LogP contribution in [0.4, 0.5) is 13.2 Å². The van der Waals surface area contributed by atoms with E-state index in [4.69, 9.17) is 5.73 Å². The summed E-state index contributed by atoms with van der Waals surface area (Å²) in [5, 5.41) is 3.32. The lowest BCUT2D eigenvalue weighted by molar-refractivity contribution is -0.159. The Morgan fingerprint density at radius 2 is 1.86 bits per heavy atom. The van der Waals surface area contributed by atoms with Gasteiger partial charge in [0.25, 0.3) is 0 Å². The van der Waals surface area contributed by atoms with Crippen LogP contribution in [-0.4, -0.2) is 22.9 Å². The van der Waals surface area contributed by atoms with Gasteiger partial charge in [-0.1, -0.05) is 49.0 Å². The largest absolute Gasteiger partial charge is 0.471 e. The van der Waals surface area contributed by atoms with E-state index < -0.39 is 12.1 Å². The van der Waals surface area contributed by atoms with Crippen molar-refractivity contribution in [2.45, 2.75) is 50.7 Å². The van der Waals surface area contributed by atoms with Crippen molar-refractivity contribution in [3.05, 3.63) is 46.6 Å². The summed E-state index contributed by atoms with van der Waals surface area (Å²) in [4.78, 5) is 7.91. The minimum Gasteiger partial charge on any atom is -0.330 e. The highest BCUT2D eigenvalue weighted by molar-refractivity contribution is 5.86. The maximum Gasteiger partial charge on any atom is 0.471 e. The Kier molecular flexibility index (Phi) is 6.61. The van der Waals surface area contributed by atoms with Crippen molar-refractivity contribution in [1.82, 2.24) is 10.1 Å². The Labute approximate surface area is 161 Å². The molecule has 2 heterocycles. The second-order valence-corrected chi connectivity index (χ2v) is 6.82. The molecule has 0 saturated heterocycles. The predicted molar refractivity (Wildman–Crippen MR) is 102 cm³/mol. The van der Waals surface area contributed by atoms with Crippen LogP contribution in [0.15, 0.2) is 27.7 Å². The number of aromatic nitrogens is 2. The topological polar surface area (TPSA) is 77.3 Å². The molecular formula is C20H23F3N4O. The van der Waals surface area contributed by atoms with Crippen LogP contribution < -0.4 is 5.73 Å². The fourth-order valence-corrected chi connectivity index (χ4v) is 3.19. The van der Waals surface area contributed by atoms with E-state index in [1.165, 1.54) is 30.9 Å². The lowest BCUT2D eigenvalue weighted by Gasteiger charge is -2.10. The van der Waals surface area contributed by atoms with Gasteiger partial charge >= 0.3 is 12.1 Å². The van der Waals surface area contributed by atoms with Gasteiger partial charge in [0.15, 0.2) is 5.82 Å². The van der Waals surface area contributed by atoms with Gasteiger partial charge < -0.3 is 10.3 Å². The molecule has 28 heavy (non-hydrogen) atoms. The van der Waals surface area contributed by atoms with Gasteiger partial charge in [0.2, 0.25) is 0 Å². The Balaban J connectivity index is 1.56. The van der Waals surface area contributed by atoms with Gasteiger partial charge in [-0.15, -0.1) is 0 Å². The first kappa shape index (κ1) is 20.3. The van der Waals surface area contributed by atoms with Crippen molar-refractivity contribution in [2.24, 2.45) is 10.7 Å². The van der Waals surface area contributed by atoms with E-state index >= 15 is 0 Å². The zero-order valence-electron chi connectivity index (χ0n) is 15.5. The van der Waals surface area contributed by atoms with Crippen LogP contribution in [0.1, 0.15) is 73.0 Å². The molecule has 1 unspecified atom stereocenters. The Bertz CT molecular complexity index is 842. The maximum atomic E-state index is 12.5. The highest BCUT2D eigenvalue weighted by atomic mass is 19.4. The lowest BCUT2D eigenvalue weighted by atomic mass is 9.97. The minimum absolute atomic E-state index is 0.117. The van der Waals surface area contributed by atoms with Crippen LogP contribution >= 0.6 is 0 Å². The maximum absolute atomic E-state index is 12.5. The van der Waals surface area contributed by atoms with Crippen LogP contribution in [0.3, 0.4) is 0 Å². The molecule has 0 radical (unpaired) electrons. The van der Waals surface area contributed by atoms with Gasteiger partial charge in [0.05, 0.1) is 6.04 Å². The molecule has 1 aromatic heterocycles. The van der Waals surface area contributed by atoms with Gasteiger partial charge in [-0.05, 0) is 48.2 Å². The van der Waals surface area contributed by atoms with Crippen LogP contribution in [0.25, 0.3) is 12.2 Å². The van der Waals surface area contributed by atoms with Gasteiger partial charge in [0, 0.05) is 6.21 Å². The molecule has 0 fully saturated rings. The van der Waals surface area contributed by atoms with Gasteiger partial charge in [-0.25, -0.2) is 0 Å². The molecule has 0 aliphatic carbocycles. The van der Waals surface area contributed by atoms with Crippen molar-refractivity contribution in [3.63, 3.8) is 0 Å². The third kappa shape index (κ3) is 5.28. The number of nitrogens with two attached hydrogens (primary N) is 1. The highest BCUT2D eigenvalue weighted by Gasteiger charge is 2.38. The zero-order chi connectivity index (χ0) is 20.0. The summed E-state index contributed by atoms with van der Waals surface area (Å²) in [5.41, 5.74) is 8.57. The quantitative estimate of drug-likeness (QED) is 0.607. The number of hydrogen-bond acceptors (Lipinski definition) is 5. The number of fused-ring (bicyclic) bond motifs is 1. The van der Waals surface area contributed by atoms with Gasteiger partial charge in [-0.3, -0.25) is 4.99 Å². The van der Waals surface area contributed by atoms with E-state index in [1.807, 2.05) is 24.4 Å². The second kappa shape index (κ2) is 9.14. The van der Waals surface area contributed by atoms with Crippen molar-refractivity contribution in [3.8, 4) is 0 Å². The third-order valence-electron chi connectivity index (χ3n) is 4.65. The summed E-state index contributed by atoms with van der Waals surface area (Å²) >= 11 is 0. The summed E-state index contributed by atoms with van der Waals surface area (Å²) in [6.07, 6.45) is 7.09. The van der Waals surface area contributed by atoms with Crippen molar-refractivity contribution in [1.29, 1.82) is 0 Å². The number of nitrogens with zero attached hydrogens (tertiary/aromatic N) is 3. The summed E-state index contributed by atoms with van der Waals surface area (Å²) in [6.45, 7) is 0.757. The smallest absolute Gasteiger partial charge is 0.330 e. The first-order valence-electron chi connectivity index (χ1n) is 9.43. The monoisotopic (exact) mass is 392 g/mol. The molecule has 1 aromatic carbocycles. The molecule has 2 aromatic rings. The van der Waals surface area contributed by atoms with Gasteiger partial charge in [0.1, 0.15) is 0 Å². The van der Waals surface area contributed by atoms with E-state index in [-0.39, 0.29) is 11.9 Å². The Hall–Kier alpha value is -2.48. The van der Waals surface area contributed by atoms with Crippen LogP contribution in [0.5, 0.6) is 0 Å². The highest BCUT2D eigenvalue weighted by Crippen LogP contribution is 2.32. The molecular weight excluding hydrogens is 369 g/mol. The van der Waals surface area contributed by atoms with Crippen LogP contribution in [-0.2, 0) is 6.18 Å². The number of alkyl halides is 3. The minimum atomic E-state index is -4.64. The zero-order valence-corrected chi connectivity index (χ0v) is 15.5. The fourth-order valence-electron chi connectivity index (χ4n) is 3.19. The molecule has 1 atom stereocenters. The van der Waals surface area contributed by atoms with E-state index in [0.29, 0.717) is 0 Å². The number of halogens is 3. The molecule has 3 rings (SSSR count). The molecule has 8 heteroatoms. The first-order chi connectivity index (χ1) is 13.5.